The summed E-state index contributed by atoms with van der Waals surface area (Å²) in [6.07, 6.45) is 5.49. The van der Waals surface area contributed by atoms with E-state index in [-0.39, 0.29) is 0 Å². The summed E-state index contributed by atoms with van der Waals surface area (Å²) < 4.78 is 1.89. The molecule has 1 aliphatic rings. The predicted octanol–water partition coefficient (Wildman–Crippen LogP) is 2.57. The molecule has 0 spiro atoms. The summed E-state index contributed by atoms with van der Waals surface area (Å²) in [5.74, 6) is 0.724. The molecule has 1 aliphatic heterocycles. The average Bonchev–Trinajstić information content (AvgIpc) is 2.78. The maximum Gasteiger partial charge on any atom is 0.145 e. The molecule has 1 saturated heterocycles. The van der Waals surface area contributed by atoms with Crippen LogP contribution in [0.1, 0.15) is 32.7 Å². The van der Waals surface area contributed by atoms with E-state index >= 15 is 0 Å². The van der Waals surface area contributed by atoms with E-state index in [9.17, 15) is 4.91 Å². The van der Waals surface area contributed by atoms with Crippen molar-refractivity contribution < 1.29 is 0 Å². The second kappa shape index (κ2) is 5.40. The van der Waals surface area contributed by atoms with Gasteiger partial charge in [-0.2, -0.15) is 5.10 Å². The molecule has 94 valence electrons. The summed E-state index contributed by atoms with van der Waals surface area (Å²) >= 11 is 0. The van der Waals surface area contributed by atoms with Crippen molar-refractivity contribution in [1.29, 1.82) is 0 Å². The molecule has 1 aromatic heterocycles. The lowest BCUT2D eigenvalue weighted by molar-refractivity contribution is 0.164. The van der Waals surface area contributed by atoms with E-state index in [4.69, 9.17) is 0 Å². The van der Waals surface area contributed by atoms with Gasteiger partial charge in [-0.15, -0.1) is 4.91 Å². The van der Waals surface area contributed by atoms with Crippen LogP contribution >= 0.6 is 0 Å². The molecule has 5 nitrogen and oxygen atoms in total. The third kappa shape index (κ3) is 3.12. The van der Waals surface area contributed by atoms with Gasteiger partial charge in [0, 0.05) is 19.6 Å². The van der Waals surface area contributed by atoms with E-state index in [0.29, 0.717) is 11.7 Å². The standard InChI is InChI=1S/C12H20N4O/c1-10(2)8-15-5-3-12(4-6-15)16-9-11(14-17)7-13-16/h7,9-10,12H,3-6,8H2,1-2H3. The molecule has 0 bridgehead atoms. The Morgan fingerprint density at radius 3 is 2.71 bits per heavy atom. The molecule has 0 aliphatic carbocycles. The molecule has 0 amide bonds. The van der Waals surface area contributed by atoms with Crippen LogP contribution in [0.5, 0.6) is 0 Å². The smallest absolute Gasteiger partial charge is 0.145 e. The lowest BCUT2D eigenvalue weighted by Gasteiger charge is -2.32. The molecule has 0 N–H and O–H groups in total. The van der Waals surface area contributed by atoms with Crippen LogP contribution in [-0.4, -0.2) is 34.3 Å². The Bertz CT molecular complexity index is 366. The van der Waals surface area contributed by atoms with Gasteiger partial charge in [0.05, 0.1) is 18.4 Å². The fourth-order valence-electron chi connectivity index (χ4n) is 2.46. The number of hydrogen-bond acceptors (Lipinski definition) is 4. The van der Waals surface area contributed by atoms with E-state index in [1.807, 2.05) is 4.68 Å². The van der Waals surface area contributed by atoms with Crippen molar-refractivity contribution in [2.24, 2.45) is 11.1 Å². The molecule has 0 aromatic carbocycles. The van der Waals surface area contributed by atoms with Gasteiger partial charge in [0.15, 0.2) is 0 Å². The number of rotatable bonds is 4. The second-order valence-corrected chi connectivity index (χ2v) is 5.20. The molecule has 2 rings (SSSR count). The number of aromatic nitrogens is 2. The third-order valence-corrected chi connectivity index (χ3v) is 3.25. The summed E-state index contributed by atoms with van der Waals surface area (Å²) in [6, 6.07) is 0.425. The minimum atomic E-state index is 0.425. The topological polar surface area (TPSA) is 50.5 Å². The monoisotopic (exact) mass is 236 g/mol. The van der Waals surface area contributed by atoms with Crippen LogP contribution < -0.4 is 0 Å². The Hall–Kier alpha value is -1.23. The van der Waals surface area contributed by atoms with E-state index in [1.54, 1.807) is 6.20 Å². The molecule has 2 heterocycles. The number of nitroso groups, excluding NO2 is 1. The van der Waals surface area contributed by atoms with Crippen molar-refractivity contribution in [3.8, 4) is 0 Å². The zero-order valence-corrected chi connectivity index (χ0v) is 10.5. The molecule has 5 heteroatoms. The van der Waals surface area contributed by atoms with Crippen LogP contribution in [-0.2, 0) is 0 Å². The van der Waals surface area contributed by atoms with Crippen LogP contribution in [0.3, 0.4) is 0 Å². The summed E-state index contributed by atoms with van der Waals surface area (Å²) in [6.45, 7) is 7.91. The third-order valence-electron chi connectivity index (χ3n) is 3.25. The highest BCUT2D eigenvalue weighted by Crippen LogP contribution is 2.24. The van der Waals surface area contributed by atoms with Crippen molar-refractivity contribution in [1.82, 2.24) is 14.7 Å². The maximum atomic E-state index is 10.4. The van der Waals surface area contributed by atoms with Crippen molar-refractivity contribution >= 4 is 5.69 Å². The minimum absolute atomic E-state index is 0.425. The van der Waals surface area contributed by atoms with Gasteiger partial charge in [0.2, 0.25) is 0 Å². The summed E-state index contributed by atoms with van der Waals surface area (Å²) in [5.41, 5.74) is 0.426. The lowest BCUT2D eigenvalue weighted by Crippen LogP contribution is -2.36. The quantitative estimate of drug-likeness (QED) is 0.755. The first-order valence-electron chi connectivity index (χ1n) is 6.29. The Morgan fingerprint density at radius 2 is 2.18 bits per heavy atom. The average molecular weight is 236 g/mol. The van der Waals surface area contributed by atoms with Crippen LogP contribution in [0.15, 0.2) is 17.6 Å². The second-order valence-electron chi connectivity index (χ2n) is 5.20. The molecule has 0 unspecified atom stereocenters. The van der Waals surface area contributed by atoms with Gasteiger partial charge in [0.25, 0.3) is 0 Å². The largest absolute Gasteiger partial charge is 0.303 e. The first-order valence-corrected chi connectivity index (χ1v) is 6.29. The minimum Gasteiger partial charge on any atom is -0.303 e. The first kappa shape index (κ1) is 12.2. The number of hydrogen-bond donors (Lipinski definition) is 0. The lowest BCUT2D eigenvalue weighted by atomic mass is 10.0. The molecular weight excluding hydrogens is 216 g/mol. The van der Waals surface area contributed by atoms with Gasteiger partial charge in [-0.3, -0.25) is 4.68 Å². The summed E-state index contributed by atoms with van der Waals surface area (Å²) in [5, 5.41) is 7.10. The van der Waals surface area contributed by atoms with Crippen molar-refractivity contribution in [2.45, 2.75) is 32.7 Å². The Balaban J connectivity index is 1.88. The Labute approximate surface area is 102 Å². The van der Waals surface area contributed by atoms with Crippen molar-refractivity contribution in [3.63, 3.8) is 0 Å². The fraction of sp³-hybridized carbons (Fsp3) is 0.750. The van der Waals surface area contributed by atoms with E-state index < -0.39 is 0 Å². The van der Waals surface area contributed by atoms with Gasteiger partial charge < -0.3 is 4.90 Å². The van der Waals surface area contributed by atoms with Crippen LogP contribution in [0.2, 0.25) is 0 Å². The van der Waals surface area contributed by atoms with E-state index in [0.717, 1.165) is 31.8 Å². The van der Waals surface area contributed by atoms with Crippen LogP contribution in [0.25, 0.3) is 0 Å². The fourth-order valence-corrected chi connectivity index (χ4v) is 2.46. The molecular formula is C12H20N4O. The molecule has 1 aromatic rings. The highest BCUT2D eigenvalue weighted by Gasteiger charge is 2.21. The molecule has 1 fully saturated rings. The number of piperidine rings is 1. The highest BCUT2D eigenvalue weighted by molar-refractivity contribution is 5.29. The Morgan fingerprint density at radius 1 is 1.47 bits per heavy atom. The van der Waals surface area contributed by atoms with Gasteiger partial charge >= 0.3 is 0 Å². The van der Waals surface area contributed by atoms with Gasteiger partial charge in [0.1, 0.15) is 5.69 Å². The molecule has 17 heavy (non-hydrogen) atoms. The van der Waals surface area contributed by atoms with Crippen LogP contribution in [0.4, 0.5) is 5.69 Å². The first-order chi connectivity index (χ1) is 8.19. The maximum absolute atomic E-state index is 10.4. The molecule has 0 atom stereocenters. The SMILES string of the molecule is CC(C)CN1CCC(n2cc(N=O)cn2)CC1. The number of likely N-dealkylation sites (tertiary alicyclic amines) is 1. The summed E-state index contributed by atoms with van der Waals surface area (Å²) in [4.78, 5) is 12.9. The van der Waals surface area contributed by atoms with Crippen LogP contribution in [0, 0.1) is 10.8 Å². The normalized spacial score (nSPS) is 18.8. The van der Waals surface area contributed by atoms with E-state index in [1.165, 1.54) is 12.7 Å². The highest BCUT2D eigenvalue weighted by atomic mass is 16.3. The van der Waals surface area contributed by atoms with Crippen molar-refractivity contribution in [2.75, 3.05) is 19.6 Å². The predicted molar refractivity (Wildman–Crippen MR) is 67.2 cm³/mol. The number of nitrogens with zero attached hydrogens (tertiary/aromatic N) is 4. The Kier molecular flexibility index (Phi) is 3.89. The van der Waals surface area contributed by atoms with Gasteiger partial charge in [-0.05, 0) is 23.9 Å². The van der Waals surface area contributed by atoms with E-state index in [2.05, 4.69) is 29.0 Å². The zero-order chi connectivity index (χ0) is 12.3. The zero-order valence-electron chi connectivity index (χ0n) is 10.5. The van der Waals surface area contributed by atoms with Gasteiger partial charge in [-0.25, -0.2) is 0 Å². The van der Waals surface area contributed by atoms with Gasteiger partial charge in [-0.1, -0.05) is 13.8 Å². The molecule has 0 radical (unpaired) electrons. The molecule has 0 saturated carbocycles. The van der Waals surface area contributed by atoms with Crippen molar-refractivity contribution in [3.05, 3.63) is 17.3 Å². The summed E-state index contributed by atoms with van der Waals surface area (Å²) in [7, 11) is 0.